The number of hydrogen-bond acceptors (Lipinski definition) is 2. The van der Waals surface area contributed by atoms with Crippen molar-refractivity contribution in [2.24, 2.45) is 11.8 Å². The summed E-state index contributed by atoms with van der Waals surface area (Å²) in [6.45, 7) is 0.913. The highest BCUT2D eigenvalue weighted by atomic mass is 19.1. The molecule has 1 aliphatic carbocycles. The van der Waals surface area contributed by atoms with Crippen LogP contribution in [0.15, 0.2) is 0 Å². The molecule has 0 aromatic heterocycles. The van der Waals surface area contributed by atoms with Gasteiger partial charge in [-0.25, -0.2) is 9.18 Å². The first-order chi connectivity index (χ1) is 7.56. The number of halogens is 1. The van der Waals surface area contributed by atoms with Crippen LogP contribution in [0.2, 0.25) is 0 Å². The van der Waals surface area contributed by atoms with Gasteiger partial charge in [-0.3, -0.25) is 4.79 Å². The molecule has 16 heavy (non-hydrogen) atoms. The summed E-state index contributed by atoms with van der Waals surface area (Å²) >= 11 is 0. The van der Waals surface area contributed by atoms with E-state index in [2.05, 4.69) is 5.32 Å². The largest absolute Gasteiger partial charge is 0.480 e. The molecular formula is C11H18FNO3. The summed E-state index contributed by atoms with van der Waals surface area (Å²) in [5.74, 6) is -1.55. The molecule has 0 aromatic rings. The molecule has 2 N–H and O–H groups in total. The highest BCUT2D eigenvalue weighted by Gasteiger charge is 2.30. The Balaban J connectivity index is 2.52. The monoisotopic (exact) mass is 231 g/mol. The summed E-state index contributed by atoms with van der Waals surface area (Å²) in [6.07, 6.45) is 3.84. The topological polar surface area (TPSA) is 66.4 Å². The molecule has 0 radical (unpaired) electrons. The Kier molecular flexibility index (Phi) is 4.71. The van der Waals surface area contributed by atoms with Crippen molar-refractivity contribution in [3.05, 3.63) is 0 Å². The Morgan fingerprint density at radius 2 is 2.06 bits per heavy atom. The SMILES string of the molecule is CC1CCCCC1C(=O)NC(CF)C(=O)O. The summed E-state index contributed by atoms with van der Waals surface area (Å²) in [5.41, 5.74) is 0. The predicted molar refractivity (Wildman–Crippen MR) is 56.7 cm³/mol. The van der Waals surface area contributed by atoms with Crippen molar-refractivity contribution in [2.75, 3.05) is 6.67 Å². The third kappa shape index (κ3) is 3.18. The number of hydrogen-bond donors (Lipinski definition) is 2. The van der Waals surface area contributed by atoms with E-state index in [-0.39, 0.29) is 17.7 Å². The number of amides is 1. The van der Waals surface area contributed by atoms with Gasteiger partial charge in [0.25, 0.3) is 0 Å². The Labute approximate surface area is 94.2 Å². The van der Waals surface area contributed by atoms with Crippen LogP contribution in [0.1, 0.15) is 32.6 Å². The first kappa shape index (κ1) is 12.9. The van der Waals surface area contributed by atoms with E-state index in [9.17, 15) is 14.0 Å². The van der Waals surface area contributed by atoms with E-state index in [4.69, 9.17) is 5.11 Å². The van der Waals surface area contributed by atoms with Crippen LogP contribution in [-0.2, 0) is 9.59 Å². The molecule has 1 amide bonds. The quantitative estimate of drug-likeness (QED) is 0.767. The van der Waals surface area contributed by atoms with Gasteiger partial charge in [-0.15, -0.1) is 0 Å². The molecule has 0 heterocycles. The Morgan fingerprint density at radius 3 is 2.56 bits per heavy atom. The van der Waals surface area contributed by atoms with Crippen LogP contribution in [0, 0.1) is 11.8 Å². The van der Waals surface area contributed by atoms with Gasteiger partial charge < -0.3 is 10.4 Å². The second-order valence-electron chi connectivity index (χ2n) is 4.42. The van der Waals surface area contributed by atoms with Crippen LogP contribution < -0.4 is 5.32 Å². The van der Waals surface area contributed by atoms with Crippen LogP contribution in [0.4, 0.5) is 4.39 Å². The van der Waals surface area contributed by atoms with Gasteiger partial charge in [0.15, 0.2) is 6.04 Å². The number of carbonyl (C=O) groups excluding carboxylic acids is 1. The van der Waals surface area contributed by atoms with Crippen molar-refractivity contribution >= 4 is 11.9 Å². The average molecular weight is 231 g/mol. The van der Waals surface area contributed by atoms with Gasteiger partial charge in [-0.05, 0) is 18.8 Å². The highest BCUT2D eigenvalue weighted by molar-refractivity contribution is 5.85. The van der Waals surface area contributed by atoms with Crippen LogP contribution >= 0.6 is 0 Å². The van der Waals surface area contributed by atoms with Gasteiger partial charge >= 0.3 is 5.97 Å². The minimum absolute atomic E-state index is 0.165. The molecule has 1 fully saturated rings. The molecule has 4 nitrogen and oxygen atoms in total. The standard InChI is InChI=1S/C11H18FNO3/c1-7-4-2-3-5-8(7)10(14)13-9(6-12)11(15)16/h7-9H,2-6H2,1H3,(H,13,14)(H,15,16). The van der Waals surface area contributed by atoms with Crippen LogP contribution in [0.25, 0.3) is 0 Å². The van der Waals surface area contributed by atoms with Crippen LogP contribution in [0.3, 0.4) is 0 Å². The average Bonchev–Trinajstić information content (AvgIpc) is 2.25. The third-order valence-electron chi connectivity index (χ3n) is 3.22. The van der Waals surface area contributed by atoms with Crippen molar-refractivity contribution in [2.45, 2.75) is 38.6 Å². The van der Waals surface area contributed by atoms with Crippen LogP contribution in [-0.4, -0.2) is 29.7 Å². The molecule has 0 saturated heterocycles. The predicted octanol–water partition coefficient (Wildman–Crippen LogP) is 1.35. The minimum atomic E-state index is -1.40. The van der Waals surface area contributed by atoms with Crippen molar-refractivity contribution in [1.82, 2.24) is 5.32 Å². The second-order valence-corrected chi connectivity index (χ2v) is 4.42. The van der Waals surface area contributed by atoms with Gasteiger partial charge in [-0.2, -0.15) is 0 Å². The zero-order chi connectivity index (χ0) is 12.1. The van der Waals surface area contributed by atoms with Crippen LogP contribution in [0.5, 0.6) is 0 Å². The number of aliphatic carboxylic acids is 1. The lowest BCUT2D eigenvalue weighted by atomic mass is 9.80. The summed E-state index contributed by atoms with van der Waals surface area (Å²) in [6, 6.07) is -1.40. The van der Waals surface area contributed by atoms with Crippen molar-refractivity contribution in [3.63, 3.8) is 0 Å². The number of carboxylic acid groups (broad SMARTS) is 1. The molecular weight excluding hydrogens is 213 g/mol. The lowest BCUT2D eigenvalue weighted by Gasteiger charge is -2.28. The minimum Gasteiger partial charge on any atom is -0.480 e. The van der Waals surface area contributed by atoms with Crippen molar-refractivity contribution in [1.29, 1.82) is 0 Å². The molecule has 0 spiro atoms. The second kappa shape index (κ2) is 5.82. The molecule has 3 unspecified atom stereocenters. The number of carbonyl (C=O) groups is 2. The fourth-order valence-electron chi connectivity index (χ4n) is 2.15. The molecule has 0 aromatic carbocycles. The molecule has 0 bridgehead atoms. The van der Waals surface area contributed by atoms with E-state index < -0.39 is 18.7 Å². The maximum atomic E-state index is 12.3. The van der Waals surface area contributed by atoms with Gasteiger partial charge in [-0.1, -0.05) is 19.8 Å². The molecule has 5 heteroatoms. The van der Waals surface area contributed by atoms with E-state index in [0.717, 1.165) is 25.7 Å². The van der Waals surface area contributed by atoms with Crippen molar-refractivity contribution < 1.29 is 19.1 Å². The Bertz CT molecular complexity index is 270. The first-order valence-electron chi connectivity index (χ1n) is 5.65. The number of carboxylic acids is 1. The first-order valence-corrected chi connectivity index (χ1v) is 5.65. The molecule has 92 valence electrons. The molecule has 1 rings (SSSR count). The number of alkyl halides is 1. The smallest absolute Gasteiger partial charge is 0.328 e. The Morgan fingerprint density at radius 1 is 1.44 bits per heavy atom. The highest BCUT2D eigenvalue weighted by Crippen LogP contribution is 2.29. The lowest BCUT2D eigenvalue weighted by molar-refractivity contribution is -0.143. The zero-order valence-electron chi connectivity index (χ0n) is 9.41. The van der Waals surface area contributed by atoms with E-state index in [0.29, 0.717) is 0 Å². The third-order valence-corrected chi connectivity index (χ3v) is 3.22. The molecule has 0 aliphatic heterocycles. The molecule has 1 aliphatic rings. The number of rotatable bonds is 4. The lowest BCUT2D eigenvalue weighted by Crippen LogP contribution is -2.46. The van der Waals surface area contributed by atoms with E-state index in [1.807, 2.05) is 6.92 Å². The maximum Gasteiger partial charge on any atom is 0.328 e. The van der Waals surface area contributed by atoms with E-state index in [1.165, 1.54) is 0 Å². The fourth-order valence-corrected chi connectivity index (χ4v) is 2.15. The maximum absolute atomic E-state index is 12.3. The zero-order valence-corrected chi connectivity index (χ0v) is 9.41. The fraction of sp³-hybridized carbons (Fsp3) is 0.818. The Hall–Kier alpha value is -1.13. The normalized spacial score (nSPS) is 27.1. The summed E-state index contributed by atoms with van der Waals surface area (Å²) < 4.78 is 12.3. The van der Waals surface area contributed by atoms with Gasteiger partial charge in [0, 0.05) is 5.92 Å². The van der Waals surface area contributed by atoms with Gasteiger partial charge in [0.05, 0.1) is 0 Å². The summed E-state index contributed by atoms with van der Waals surface area (Å²) in [4.78, 5) is 22.3. The van der Waals surface area contributed by atoms with E-state index in [1.54, 1.807) is 0 Å². The molecule has 1 saturated carbocycles. The van der Waals surface area contributed by atoms with Crippen molar-refractivity contribution in [3.8, 4) is 0 Å². The van der Waals surface area contributed by atoms with E-state index >= 15 is 0 Å². The summed E-state index contributed by atoms with van der Waals surface area (Å²) in [5, 5.41) is 10.9. The molecule has 3 atom stereocenters. The van der Waals surface area contributed by atoms with Gasteiger partial charge in [0.1, 0.15) is 6.67 Å². The summed E-state index contributed by atoms with van der Waals surface area (Å²) in [7, 11) is 0. The number of nitrogens with one attached hydrogen (secondary N) is 1. The van der Waals surface area contributed by atoms with Gasteiger partial charge in [0.2, 0.25) is 5.91 Å².